The molecule has 1 fully saturated rings. The summed E-state index contributed by atoms with van der Waals surface area (Å²) in [6, 6.07) is 6.41. The summed E-state index contributed by atoms with van der Waals surface area (Å²) in [6.07, 6.45) is 0. The van der Waals surface area contributed by atoms with Crippen molar-refractivity contribution in [2.75, 3.05) is 18.0 Å². The van der Waals surface area contributed by atoms with Gasteiger partial charge in [0.1, 0.15) is 5.54 Å². The number of aryl methyl sites for hydroxylation is 1. The monoisotopic (exact) mass is 260 g/mol. The van der Waals surface area contributed by atoms with Crippen molar-refractivity contribution >= 4 is 11.6 Å². The Morgan fingerprint density at radius 3 is 2.63 bits per heavy atom. The highest BCUT2D eigenvalue weighted by atomic mass is 16.2. The van der Waals surface area contributed by atoms with Crippen LogP contribution in [-0.2, 0) is 4.79 Å². The van der Waals surface area contributed by atoms with E-state index in [4.69, 9.17) is 0 Å². The van der Waals surface area contributed by atoms with E-state index in [9.17, 15) is 4.79 Å². The number of amides is 1. The number of rotatable bonds is 2. The average molecular weight is 260 g/mol. The molecule has 1 aliphatic heterocycles. The smallest absolute Gasteiger partial charge is 0.245 e. The van der Waals surface area contributed by atoms with Gasteiger partial charge in [0.25, 0.3) is 0 Å². The highest BCUT2D eigenvalue weighted by Crippen LogP contribution is 2.35. The summed E-state index contributed by atoms with van der Waals surface area (Å²) < 4.78 is 0. The summed E-state index contributed by atoms with van der Waals surface area (Å²) in [7, 11) is 0. The lowest BCUT2D eigenvalue weighted by Gasteiger charge is -2.44. The van der Waals surface area contributed by atoms with Gasteiger partial charge in [0.15, 0.2) is 0 Å². The van der Waals surface area contributed by atoms with Gasteiger partial charge in [-0.3, -0.25) is 4.79 Å². The lowest BCUT2D eigenvalue weighted by atomic mass is 9.91. The number of benzene rings is 1. The van der Waals surface area contributed by atoms with Gasteiger partial charge in [0, 0.05) is 18.8 Å². The van der Waals surface area contributed by atoms with Gasteiger partial charge < -0.3 is 10.2 Å². The highest BCUT2D eigenvalue weighted by Gasteiger charge is 2.39. The normalized spacial score (nSPS) is 18.6. The van der Waals surface area contributed by atoms with Gasteiger partial charge in [-0.05, 0) is 37.8 Å². The van der Waals surface area contributed by atoms with E-state index in [2.05, 4.69) is 49.2 Å². The summed E-state index contributed by atoms with van der Waals surface area (Å²) in [4.78, 5) is 14.4. The van der Waals surface area contributed by atoms with Crippen LogP contribution in [0.5, 0.6) is 0 Å². The van der Waals surface area contributed by atoms with Crippen LogP contribution < -0.4 is 10.2 Å². The topological polar surface area (TPSA) is 32.3 Å². The Bertz CT molecular complexity index is 492. The summed E-state index contributed by atoms with van der Waals surface area (Å²) >= 11 is 0. The van der Waals surface area contributed by atoms with Gasteiger partial charge in [0.05, 0.1) is 0 Å². The average Bonchev–Trinajstić information content (AvgIpc) is 2.33. The Balaban J connectivity index is 2.54. The summed E-state index contributed by atoms with van der Waals surface area (Å²) in [5, 5.41) is 2.96. The zero-order chi connectivity index (χ0) is 14.2. The molecule has 0 saturated carbocycles. The number of para-hydroxylation sites is 1. The molecule has 3 nitrogen and oxygen atoms in total. The minimum atomic E-state index is -0.492. The van der Waals surface area contributed by atoms with E-state index in [-0.39, 0.29) is 5.91 Å². The molecule has 0 aromatic heterocycles. The number of anilines is 1. The van der Waals surface area contributed by atoms with Crippen LogP contribution in [0.1, 0.15) is 44.7 Å². The number of piperazine rings is 1. The fraction of sp³-hybridized carbons (Fsp3) is 0.562. The Morgan fingerprint density at radius 1 is 1.32 bits per heavy atom. The predicted molar refractivity (Wildman–Crippen MR) is 79.7 cm³/mol. The van der Waals surface area contributed by atoms with Gasteiger partial charge in [-0.1, -0.05) is 32.0 Å². The summed E-state index contributed by atoms with van der Waals surface area (Å²) in [6.45, 7) is 12.1. The van der Waals surface area contributed by atoms with Crippen LogP contribution in [0.3, 0.4) is 0 Å². The fourth-order valence-electron chi connectivity index (χ4n) is 2.81. The van der Waals surface area contributed by atoms with Crippen molar-refractivity contribution in [3.05, 3.63) is 29.3 Å². The standard InChI is InChI=1S/C16H24N2O/c1-11(2)13-8-6-7-12(3)14(13)18-10-9-17-15(19)16(18,4)5/h6-8,11H,9-10H2,1-5H3,(H,17,19). The Labute approximate surface area is 116 Å². The second kappa shape index (κ2) is 4.87. The van der Waals surface area contributed by atoms with Crippen LogP contribution in [0, 0.1) is 6.92 Å². The van der Waals surface area contributed by atoms with Gasteiger partial charge in [0.2, 0.25) is 5.91 Å². The van der Waals surface area contributed by atoms with Crippen LogP contribution >= 0.6 is 0 Å². The lowest BCUT2D eigenvalue weighted by Crippen LogP contribution is -2.62. The van der Waals surface area contributed by atoms with E-state index in [1.165, 1.54) is 16.8 Å². The molecule has 1 saturated heterocycles. The fourth-order valence-corrected chi connectivity index (χ4v) is 2.81. The van der Waals surface area contributed by atoms with E-state index < -0.39 is 5.54 Å². The second-order valence-corrected chi connectivity index (χ2v) is 6.13. The maximum atomic E-state index is 12.1. The molecule has 3 heteroatoms. The molecular formula is C16H24N2O. The third-order valence-corrected chi connectivity index (χ3v) is 4.01. The number of hydrogen-bond acceptors (Lipinski definition) is 2. The lowest BCUT2D eigenvalue weighted by molar-refractivity contribution is -0.126. The van der Waals surface area contributed by atoms with Gasteiger partial charge in [-0.15, -0.1) is 0 Å². The number of hydrogen-bond donors (Lipinski definition) is 1. The highest BCUT2D eigenvalue weighted by molar-refractivity contribution is 5.91. The zero-order valence-corrected chi connectivity index (χ0v) is 12.6. The molecule has 2 rings (SSSR count). The van der Waals surface area contributed by atoms with Gasteiger partial charge in [-0.25, -0.2) is 0 Å². The van der Waals surface area contributed by atoms with Crippen molar-refractivity contribution in [2.24, 2.45) is 0 Å². The number of nitrogens with zero attached hydrogens (tertiary/aromatic N) is 1. The van der Waals surface area contributed by atoms with Crippen molar-refractivity contribution in [1.29, 1.82) is 0 Å². The number of carbonyl (C=O) groups is 1. The maximum absolute atomic E-state index is 12.1. The molecule has 1 aromatic rings. The zero-order valence-electron chi connectivity index (χ0n) is 12.6. The third kappa shape index (κ3) is 2.34. The van der Waals surface area contributed by atoms with Crippen LogP contribution in [0.2, 0.25) is 0 Å². The second-order valence-electron chi connectivity index (χ2n) is 6.13. The van der Waals surface area contributed by atoms with Crippen LogP contribution in [0.25, 0.3) is 0 Å². The molecule has 1 amide bonds. The van der Waals surface area contributed by atoms with Crippen molar-refractivity contribution in [3.8, 4) is 0 Å². The van der Waals surface area contributed by atoms with Gasteiger partial charge in [-0.2, -0.15) is 0 Å². The van der Waals surface area contributed by atoms with Crippen molar-refractivity contribution < 1.29 is 4.79 Å². The third-order valence-electron chi connectivity index (χ3n) is 4.01. The molecule has 1 aromatic carbocycles. The quantitative estimate of drug-likeness (QED) is 0.887. The van der Waals surface area contributed by atoms with Crippen molar-refractivity contribution in [3.63, 3.8) is 0 Å². The Hall–Kier alpha value is -1.51. The summed E-state index contributed by atoms with van der Waals surface area (Å²) in [5.74, 6) is 0.562. The molecule has 0 atom stereocenters. The van der Waals surface area contributed by atoms with E-state index >= 15 is 0 Å². The minimum Gasteiger partial charge on any atom is -0.355 e. The molecule has 0 unspecified atom stereocenters. The Morgan fingerprint density at radius 2 is 2.00 bits per heavy atom. The maximum Gasteiger partial charge on any atom is 0.245 e. The first-order valence-electron chi connectivity index (χ1n) is 7.01. The summed E-state index contributed by atoms with van der Waals surface area (Å²) in [5.41, 5.74) is 3.31. The molecule has 0 bridgehead atoms. The molecule has 0 aliphatic carbocycles. The first kappa shape index (κ1) is 13.9. The predicted octanol–water partition coefficient (Wildman–Crippen LogP) is 2.83. The van der Waals surface area contributed by atoms with Crippen molar-refractivity contribution in [2.45, 2.75) is 46.1 Å². The molecule has 0 spiro atoms. The molecule has 1 N–H and O–H groups in total. The first-order valence-corrected chi connectivity index (χ1v) is 7.01. The van der Waals surface area contributed by atoms with E-state index in [1.54, 1.807) is 0 Å². The molecule has 0 radical (unpaired) electrons. The van der Waals surface area contributed by atoms with Crippen molar-refractivity contribution in [1.82, 2.24) is 5.32 Å². The first-order chi connectivity index (χ1) is 8.85. The van der Waals surface area contributed by atoms with E-state index in [1.807, 2.05) is 13.8 Å². The van der Waals surface area contributed by atoms with E-state index in [0.29, 0.717) is 12.5 Å². The SMILES string of the molecule is Cc1cccc(C(C)C)c1N1CCNC(=O)C1(C)C. The van der Waals surface area contributed by atoms with Crippen LogP contribution in [0.15, 0.2) is 18.2 Å². The van der Waals surface area contributed by atoms with Gasteiger partial charge >= 0.3 is 0 Å². The Kier molecular flexibility index (Phi) is 3.57. The van der Waals surface area contributed by atoms with Crippen LogP contribution in [-0.4, -0.2) is 24.5 Å². The van der Waals surface area contributed by atoms with Crippen LogP contribution in [0.4, 0.5) is 5.69 Å². The van der Waals surface area contributed by atoms with E-state index in [0.717, 1.165) is 6.54 Å². The number of carbonyl (C=O) groups excluding carboxylic acids is 1. The molecule has 1 heterocycles. The minimum absolute atomic E-state index is 0.108. The number of nitrogens with one attached hydrogen (secondary N) is 1. The molecular weight excluding hydrogens is 236 g/mol. The molecule has 104 valence electrons. The molecule has 1 aliphatic rings. The molecule has 19 heavy (non-hydrogen) atoms. The largest absolute Gasteiger partial charge is 0.355 e.